The third-order valence-electron chi connectivity index (χ3n) is 2.09. The Morgan fingerprint density at radius 2 is 2.06 bits per heavy atom. The summed E-state index contributed by atoms with van der Waals surface area (Å²) in [5.74, 6) is 0.914. The number of benzene rings is 1. The fraction of sp³-hybridized carbons (Fsp3) is 0.500. The highest BCUT2D eigenvalue weighted by Crippen LogP contribution is 2.25. The van der Waals surface area contributed by atoms with Crippen LogP contribution in [-0.2, 0) is 9.47 Å². The molecule has 0 aliphatic rings. The minimum absolute atomic E-state index is 0.650. The van der Waals surface area contributed by atoms with Crippen molar-refractivity contribution in [2.24, 2.45) is 0 Å². The van der Waals surface area contributed by atoms with Crippen LogP contribution < -0.4 is 5.73 Å². The molecular formula is C12H19NO2S. The van der Waals surface area contributed by atoms with Crippen LogP contribution in [0.25, 0.3) is 0 Å². The Morgan fingerprint density at radius 1 is 1.25 bits per heavy atom. The molecule has 0 unspecified atom stereocenters. The van der Waals surface area contributed by atoms with Gasteiger partial charge in [-0.05, 0) is 24.6 Å². The maximum atomic E-state index is 5.87. The zero-order chi connectivity index (χ0) is 11.8. The van der Waals surface area contributed by atoms with Gasteiger partial charge in [0.25, 0.3) is 0 Å². The number of rotatable bonds is 7. The van der Waals surface area contributed by atoms with Gasteiger partial charge in [0.1, 0.15) is 0 Å². The van der Waals surface area contributed by atoms with Crippen LogP contribution in [0.15, 0.2) is 23.1 Å². The Labute approximate surface area is 101 Å². The van der Waals surface area contributed by atoms with Crippen LogP contribution in [0.4, 0.5) is 5.69 Å². The van der Waals surface area contributed by atoms with Crippen molar-refractivity contribution in [1.29, 1.82) is 0 Å². The topological polar surface area (TPSA) is 44.5 Å². The summed E-state index contributed by atoms with van der Waals surface area (Å²) < 4.78 is 10.3. The van der Waals surface area contributed by atoms with Crippen LogP contribution in [0.2, 0.25) is 0 Å². The first kappa shape index (κ1) is 13.4. The molecule has 0 aromatic heterocycles. The lowest BCUT2D eigenvalue weighted by molar-refractivity contribution is 0.0790. The van der Waals surface area contributed by atoms with E-state index < -0.39 is 0 Å². The Balaban J connectivity index is 2.23. The predicted octanol–water partition coefficient (Wildman–Crippen LogP) is 2.33. The zero-order valence-corrected chi connectivity index (χ0v) is 10.7. The number of ether oxygens (including phenoxy) is 2. The number of thioether (sulfide) groups is 1. The van der Waals surface area contributed by atoms with Crippen molar-refractivity contribution in [3.05, 3.63) is 23.8 Å². The summed E-state index contributed by atoms with van der Waals surface area (Å²) in [7, 11) is 1.67. The Hall–Kier alpha value is -0.710. The average Bonchev–Trinajstić information content (AvgIpc) is 2.28. The first-order valence-corrected chi connectivity index (χ1v) is 6.28. The Bertz CT molecular complexity index is 318. The minimum Gasteiger partial charge on any atom is -0.398 e. The van der Waals surface area contributed by atoms with Gasteiger partial charge in [0, 0.05) is 23.4 Å². The smallest absolute Gasteiger partial charge is 0.0700 e. The van der Waals surface area contributed by atoms with E-state index in [1.54, 1.807) is 18.9 Å². The summed E-state index contributed by atoms with van der Waals surface area (Å²) in [6, 6.07) is 6.08. The number of hydrogen-bond acceptors (Lipinski definition) is 4. The van der Waals surface area contributed by atoms with Gasteiger partial charge in [0.05, 0.1) is 19.8 Å². The molecule has 4 heteroatoms. The summed E-state index contributed by atoms with van der Waals surface area (Å²) >= 11 is 1.73. The largest absolute Gasteiger partial charge is 0.398 e. The average molecular weight is 241 g/mol. The molecule has 0 saturated carbocycles. The molecule has 0 fully saturated rings. The Kier molecular flexibility index (Phi) is 6.30. The van der Waals surface area contributed by atoms with E-state index in [1.807, 2.05) is 12.1 Å². The monoisotopic (exact) mass is 241 g/mol. The maximum absolute atomic E-state index is 5.87. The number of nitrogens with two attached hydrogens (primary N) is 1. The molecule has 16 heavy (non-hydrogen) atoms. The molecule has 0 bridgehead atoms. The van der Waals surface area contributed by atoms with Crippen LogP contribution >= 0.6 is 11.8 Å². The van der Waals surface area contributed by atoms with E-state index in [1.165, 1.54) is 5.56 Å². The highest BCUT2D eigenvalue weighted by Gasteiger charge is 2.00. The molecule has 90 valence electrons. The molecule has 0 atom stereocenters. The summed E-state index contributed by atoms with van der Waals surface area (Å²) in [6.45, 7) is 4.09. The second kappa shape index (κ2) is 7.54. The molecule has 3 nitrogen and oxygen atoms in total. The fourth-order valence-electron chi connectivity index (χ4n) is 1.22. The normalized spacial score (nSPS) is 10.6. The molecule has 0 saturated heterocycles. The SMILES string of the molecule is COCCOCCSc1cc(C)ccc1N. The van der Waals surface area contributed by atoms with Gasteiger partial charge in [-0.15, -0.1) is 11.8 Å². The van der Waals surface area contributed by atoms with Crippen molar-refractivity contribution in [3.8, 4) is 0 Å². The highest BCUT2D eigenvalue weighted by molar-refractivity contribution is 7.99. The van der Waals surface area contributed by atoms with Gasteiger partial charge in [-0.2, -0.15) is 0 Å². The number of methoxy groups -OCH3 is 1. The van der Waals surface area contributed by atoms with Gasteiger partial charge < -0.3 is 15.2 Å². The van der Waals surface area contributed by atoms with Crippen molar-refractivity contribution in [2.75, 3.05) is 38.4 Å². The van der Waals surface area contributed by atoms with Gasteiger partial charge in [-0.1, -0.05) is 6.07 Å². The van der Waals surface area contributed by atoms with Crippen LogP contribution in [0.1, 0.15) is 5.56 Å². The van der Waals surface area contributed by atoms with Crippen LogP contribution in [0.5, 0.6) is 0 Å². The summed E-state index contributed by atoms with van der Waals surface area (Å²) in [5, 5.41) is 0. The van der Waals surface area contributed by atoms with E-state index in [0.717, 1.165) is 22.9 Å². The van der Waals surface area contributed by atoms with Crippen molar-refractivity contribution in [1.82, 2.24) is 0 Å². The maximum Gasteiger partial charge on any atom is 0.0700 e. The van der Waals surface area contributed by atoms with Gasteiger partial charge in [0.2, 0.25) is 0 Å². The first-order chi connectivity index (χ1) is 7.74. The van der Waals surface area contributed by atoms with Gasteiger partial charge in [0.15, 0.2) is 0 Å². The molecule has 1 aromatic carbocycles. The van der Waals surface area contributed by atoms with E-state index in [9.17, 15) is 0 Å². The molecular weight excluding hydrogens is 222 g/mol. The molecule has 1 rings (SSSR count). The summed E-state index contributed by atoms with van der Waals surface area (Å²) in [5.41, 5.74) is 7.94. The summed E-state index contributed by atoms with van der Waals surface area (Å²) in [4.78, 5) is 1.13. The molecule has 0 aliphatic heterocycles. The molecule has 1 aromatic rings. The van der Waals surface area contributed by atoms with E-state index in [-0.39, 0.29) is 0 Å². The molecule has 0 aliphatic carbocycles. The molecule has 0 radical (unpaired) electrons. The van der Waals surface area contributed by atoms with E-state index in [2.05, 4.69) is 13.0 Å². The van der Waals surface area contributed by atoms with Crippen LogP contribution in [-0.4, -0.2) is 32.7 Å². The third-order valence-corrected chi connectivity index (χ3v) is 3.12. The van der Waals surface area contributed by atoms with Crippen molar-refractivity contribution >= 4 is 17.4 Å². The van der Waals surface area contributed by atoms with Crippen molar-refractivity contribution < 1.29 is 9.47 Å². The van der Waals surface area contributed by atoms with Crippen molar-refractivity contribution in [2.45, 2.75) is 11.8 Å². The minimum atomic E-state index is 0.650. The quantitative estimate of drug-likeness (QED) is 0.452. The zero-order valence-electron chi connectivity index (χ0n) is 9.86. The molecule has 0 amide bonds. The number of anilines is 1. The molecule has 0 spiro atoms. The van der Waals surface area contributed by atoms with E-state index in [0.29, 0.717) is 13.2 Å². The lowest BCUT2D eigenvalue weighted by Gasteiger charge is -2.07. The fourth-order valence-corrected chi connectivity index (χ4v) is 2.15. The van der Waals surface area contributed by atoms with Gasteiger partial charge in [-0.25, -0.2) is 0 Å². The van der Waals surface area contributed by atoms with Gasteiger partial charge >= 0.3 is 0 Å². The van der Waals surface area contributed by atoms with Crippen LogP contribution in [0.3, 0.4) is 0 Å². The predicted molar refractivity (Wildman–Crippen MR) is 69.0 cm³/mol. The second-order valence-electron chi connectivity index (χ2n) is 3.49. The van der Waals surface area contributed by atoms with Crippen molar-refractivity contribution in [3.63, 3.8) is 0 Å². The number of aryl methyl sites for hydroxylation is 1. The summed E-state index contributed by atoms with van der Waals surface area (Å²) in [6.07, 6.45) is 0. The number of nitrogen functional groups attached to an aromatic ring is 1. The third kappa shape index (κ3) is 4.88. The molecule has 2 N–H and O–H groups in total. The molecule has 0 heterocycles. The standard InChI is InChI=1S/C12H19NO2S/c1-10-3-4-11(13)12(9-10)16-8-7-15-6-5-14-2/h3-4,9H,5-8,13H2,1-2H3. The van der Waals surface area contributed by atoms with Gasteiger partial charge in [-0.3, -0.25) is 0 Å². The Morgan fingerprint density at radius 3 is 2.81 bits per heavy atom. The highest BCUT2D eigenvalue weighted by atomic mass is 32.2. The lowest BCUT2D eigenvalue weighted by Crippen LogP contribution is -2.04. The first-order valence-electron chi connectivity index (χ1n) is 5.29. The van der Waals surface area contributed by atoms with E-state index >= 15 is 0 Å². The lowest BCUT2D eigenvalue weighted by atomic mass is 10.2. The second-order valence-corrected chi connectivity index (χ2v) is 4.63. The van der Waals surface area contributed by atoms with E-state index in [4.69, 9.17) is 15.2 Å². The number of hydrogen-bond donors (Lipinski definition) is 1. The van der Waals surface area contributed by atoms with Crippen LogP contribution in [0, 0.1) is 6.92 Å².